The predicted molar refractivity (Wildman–Crippen MR) is 121 cm³/mol. The zero-order chi connectivity index (χ0) is 18.7. The summed E-state index contributed by atoms with van der Waals surface area (Å²) in [7, 11) is 0. The van der Waals surface area contributed by atoms with Crippen LogP contribution in [0, 0.1) is 5.92 Å². The monoisotopic (exact) mass is 574 g/mol. The molecule has 4 atom stereocenters. The number of halogens is 1. The van der Waals surface area contributed by atoms with E-state index in [0.717, 1.165) is 10.8 Å². The second-order valence-corrected chi connectivity index (χ2v) is 22.3. The van der Waals surface area contributed by atoms with Gasteiger partial charge < -0.3 is 0 Å². The van der Waals surface area contributed by atoms with E-state index in [-0.39, 0.29) is 4.31 Å². The molecule has 0 amide bonds. The molecule has 0 saturated carbocycles. The van der Waals surface area contributed by atoms with Crippen LogP contribution in [0.4, 0.5) is 0 Å². The summed E-state index contributed by atoms with van der Waals surface area (Å²) in [5.41, 5.74) is 0. The van der Waals surface area contributed by atoms with E-state index in [0.29, 0.717) is 18.1 Å². The van der Waals surface area contributed by atoms with Gasteiger partial charge in [0.15, 0.2) is 0 Å². The summed E-state index contributed by atoms with van der Waals surface area (Å²) < 4.78 is 19.3. The number of rotatable bonds is 13. The molecule has 4 heteroatoms. The topological polar surface area (TPSA) is 18.5 Å². The summed E-state index contributed by atoms with van der Waals surface area (Å²) in [6, 6.07) is 0. The molecule has 0 aliphatic carbocycles. The Labute approximate surface area is 175 Å². The van der Waals surface area contributed by atoms with Gasteiger partial charge in [-0.15, -0.1) is 0 Å². The minimum absolute atomic E-state index is 0.214. The summed E-state index contributed by atoms with van der Waals surface area (Å²) in [4.78, 5) is 0. The van der Waals surface area contributed by atoms with Crippen LogP contribution >= 0.6 is 22.6 Å². The normalized spacial score (nSPS) is 27.6. The Hall–Kier alpha value is 1.45. The van der Waals surface area contributed by atoms with Crippen LogP contribution in [-0.2, 0) is 9.47 Å². The van der Waals surface area contributed by atoms with Gasteiger partial charge in [-0.1, -0.05) is 0 Å². The van der Waals surface area contributed by atoms with Gasteiger partial charge in [-0.05, 0) is 0 Å². The van der Waals surface area contributed by atoms with Crippen molar-refractivity contribution in [2.45, 2.75) is 116 Å². The molecule has 1 aliphatic heterocycles. The third-order valence-electron chi connectivity index (χ3n) is 6.16. The van der Waals surface area contributed by atoms with Crippen molar-refractivity contribution in [3.8, 4) is 0 Å². The summed E-state index contributed by atoms with van der Waals surface area (Å²) >= 11 is 0.0614. The number of ether oxygens (including phenoxy) is 2. The van der Waals surface area contributed by atoms with Crippen LogP contribution in [0.15, 0.2) is 0 Å². The molecule has 1 fully saturated rings. The second-order valence-electron chi connectivity index (χ2n) is 7.99. The Kier molecular flexibility index (Phi) is 13.3. The van der Waals surface area contributed by atoms with Gasteiger partial charge in [0, 0.05) is 0 Å². The van der Waals surface area contributed by atoms with Crippen molar-refractivity contribution >= 4 is 41.0 Å². The average molecular weight is 573 g/mol. The van der Waals surface area contributed by atoms with E-state index >= 15 is 0 Å². The summed E-state index contributed by atoms with van der Waals surface area (Å²) in [6.45, 7) is 11.6. The van der Waals surface area contributed by atoms with Gasteiger partial charge in [0.2, 0.25) is 0 Å². The molecule has 0 spiro atoms. The van der Waals surface area contributed by atoms with Crippen LogP contribution in [0.25, 0.3) is 0 Å². The van der Waals surface area contributed by atoms with Gasteiger partial charge in [0.1, 0.15) is 0 Å². The Balaban J connectivity index is 3.07. The van der Waals surface area contributed by atoms with E-state index in [2.05, 4.69) is 57.2 Å². The first-order chi connectivity index (χ1) is 12.1. The molecular formula is C21H43IO2Sn. The third kappa shape index (κ3) is 7.08. The summed E-state index contributed by atoms with van der Waals surface area (Å²) in [5, 5.41) is 0. The molecule has 0 bridgehead atoms. The van der Waals surface area contributed by atoms with Crippen LogP contribution in [0.1, 0.15) is 86.0 Å². The molecule has 0 aromatic heterocycles. The van der Waals surface area contributed by atoms with E-state index in [9.17, 15) is 0 Å². The van der Waals surface area contributed by atoms with Crippen molar-refractivity contribution in [3.63, 3.8) is 0 Å². The van der Waals surface area contributed by atoms with Crippen molar-refractivity contribution in [2.24, 2.45) is 5.92 Å². The minimum atomic E-state index is -2.48. The predicted octanol–water partition coefficient (Wildman–Crippen LogP) is 7.36. The van der Waals surface area contributed by atoms with Crippen LogP contribution < -0.4 is 0 Å². The molecule has 2 nitrogen and oxygen atoms in total. The van der Waals surface area contributed by atoms with Crippen LogP contribution in [0.2, 0.25) is 13.3 Å². The molecule has 150 valence electrons. The molecule has 0 unspecified atom stereocenters. The molecule has 25 heavy (non-hydrogen) atoms. The van der Waals surface area contributed by atoms with Crippen molar-refractivity contribution in [2.75, 3.05) is 4.43 Å². The van der Waals surface area contributed by atoms with Crippen molar-refractivity contribution in [1.82, 2.24) is 0 Å². The zero-order valence-electron chi connectivity index (χ0n) is 17.5. The Morgan fingerprint density at radius 2 is 1.20 bits per heavy atom. The van der Waals surface area contributed by atoms with Crippen LogP contribution in [0.5, 0.6) is 0 Å². The Morgan fingerprint density at radius 1 is 0.720 bits per heavy atom. The van der Waals surface area contributed by atoms with E-state index in [1.165, 1.54) is 58.3 Å². The van der Waals surface area contributed by atoms with Gasteiger partial charge in [-0.25, -0.2) is 0 Å². The second kappa shape index (κ2) is 13.6. The van der Waals surface area contributed by atoms with E-state index in [1.807, 2.05) is 0 Å². The van der Waals surface area contributed by atoms with Crippen LogP contribution in [0.3, 0.4) is 0 Å². The van der Waals surface area contributed by atoms with Crippen molar-refractivity contribution < 1.29 is 9.47 Å². The fourth-order valence-electron chi connectivity index (χ4n) is 4.47. The SMILES string of the molecule is CCC[CH2][Sn]([CH2]CCC)([CH2]CCC)[C@@H]1O[C@H](CC)[C@H](CC)[C@@H](CI)O1. The number of alkyl halides is 1. The van der Waals surface area contributed by atoms with Gasteiger partial charge in [-0.2, -0.15) is 0 Å². The maximum absolute atomic E-state index is 6.80. The summed E-state index contributed by atoms with van der Waals surface area (Å²) in [6.07, 6.45) is 11.3. The first-order valence-electron chi connectivity index (χ1n) is 11.0. The van der Waals surface area contributed by atoms with Crippen LogP contribution in [-0.4, -0.2) is 39.3 Å². The summed E-state index contributed by atoms with van der Waals surface area (Å²) in [5.74, 6) is 0.589. The fourth-order valence-corrected chi connectivity index (χ4v) is 21.2. The number of unbranched alkanes of at least 4 members (excludes halogenated alkanes) is 3. The molecule has 1 rings (SSSR count). The van der Waals surface area contributed by atoms with Crippen molar-refractivity contribution in [1.29, 1.82) is 0 Å². The van der Waals surface area contributed by atoms with E-state index in [4.69, 9.17) is 9.47 Å². The molecule has 1 aliphatic rings. The number of hydrogen-bond acceptors (Lipinski definition) is 2. The maximum atomic E-state index is 6.80. The first kappa shape index (κ1) is 24.5. The number of hydrogen-bond donors (Lipinski definition) is 0. The zero-order valence-corrected chi connectivity index (χ0v) is 22.5. The fraction of sp³-hybridized carbons (Fsp3) is 1.00. The van der Waals surface area contributed by atoms with Gasteiger partial charge in [-0.3, -0.25) is 0 Å². The molecule has 1 heterocycles. The first-order valence-corrected chi connectivity index (χ1v) is 20.2. The Morgan fingerprint density at radius 3 is 1.56 bits per heavy atom. The van der Waals surface area contributed by atoms with Gasteiger partial charge >= 0.3 is 177 Å². The van der Waals surface area contributed by atoms with Crippen molar-refractivity contribution in [3.05, 3.63) is 0 Å². The van der Waals surface area contributed by atoms with Gasteiger partial charge in [0.05, 0.1) is 0 Å². The molecule has 0 aromatic carbocycles. The van der Waals surface area contributed by atoms with Gasteiger partial charge in [0.25, 0.3) is 0 Å². The molecule has 0 aromatic rings. The van der Waals surface area contributed by atoms with E-state index in [1.54, 1.807) is 0 Å². The molecule has 0 radical (unpaired) electrons. The molecular weight excluding hydrogens is 530 g/mol. The molecule has 0 N–H and O–H groups in total. The Bertz CT molecular complexity index is 304. The standard InChI is InChI=1S/C9H16IO2.3C4H9.Sn/c1-3-7-8(4-2)11-6-12-9(7)5-10;3*1-3-4-2;/h6-9H,3-5H2,1-2H3;3*1,3-4H2,2H3;/t7-,8+,9+;;;;/m0..../s1. The average Bonchev–Trinajstić information content (AvgIpc) is 2.66. The third-order valence-corrected chi connectivity index (χ3v) is 22.2. The van der Waals surface area contributed by atoms with E-state index < -0.39 is 18.4 Å². The molecule has 1 saturated heterocycles. The quantitative estimate of drug-likeness (QED) is 0.130.